The van der Waals surface area contributed by atoms with Gasteiger partial charge in [0, 0.05) is 38.3 Å². The molecule has 0 bridgehead atoms. The molecule has 1 aliphatic rings. The highest BCUT2D eigenvalue weighted by molar-refractivity contribution is 5.90. The molecule has 3 rings (SSSR count). The lowest BCUT2D eigenvalue weighted by Gasteiger charge is -2.28. The first kappa shape index (κ1) is 17.1. The summed E-state index contributed by atoms with van der Waals surface area (Å²) in [5.74, 6) is -0.140. The Bertz CT molecular complexity index is 769. The summed E-state index contributed by atoms with van der Waals surface area (Å²) >= 11 is 0. The third-order valence-corrected chi connectivity index (χ3v) is 4.84. The Morgan fingerprint density at radius 2 is 2.24 bits per heavy atom. The van der Waals surface area contributed by atoms with Gasteiger partial charge >= 0.3 is 0 Å². The van der Waals surface area contributed by atoms with E-state index in [0.29, 0.717) is 12.4 Å². The quantitative estimate of drug-likeness (QED) is 0.790. The fraction of sp³-hybridized carbons (Fsp3) is 0.562. The number of likely N-dealkylation sites (tertiary alicyclic amines) is 1. The van der Waals surface area contributed by atoms with Crippen molar-refractivity contribution in [2.45, 2.75) is 32.9 Å². The Balaban J connectivity index is 1.88. The smallest absolute Gasteiger partial charge is 0.228 e. The summed E-state index contributed by atoms with van der Waals surface area (Å²) in [4.78, 5) is 32.7. The highest BCUT2D eigenvalue weighted by Gasteiger charge is 2.45. The lowest BCUT2D eigenvalue weighted by atomic mass is 9.92. The fourth-order valence-corrected chi connectivity index (χ4v) is 3.41. The van der Waals surface area contributed by atoms with Gasteiger partial charge in [-0.25, -0.2) is 0 Å². The van der Waals surface area contributed by atoms with E-state index in [-0.39, 0.29) is 30.8 Å². The van der Waals surface area contributed by atoms with Crippen LogP contribution in [0.25, 0.3) is 0 Å². The Kier molecular flexibility index (Phi) is 4.56. The second-order valence-corrected chi connectivity index (χ2v) is 6.29. The minimum absolute atomic E-state index is 0.0120. The van der Waals surface area contributed by atoms with Gasteiger partial charge in [-0.05, 0) is 13.8 Å². The van der Waals surface area contributed by atoms with Crippen molar-refractivity contribution in [3.63, 3.8) is 0 Å². The topological polar surface area (TPSA) is 97.4 Å². The van der Waals surface area contributed by atoms with Crippen molar-refractivity contribution in [1.82, 2.24) is 29.7 Å². The van der Waals surface area contributed by atoms with Gasteiger partial charge in [0.05, 0.1) is 24.7 Å². The Labute approximate surface area is 145 Å². The van der Waals surface area contributed by atoms with Gasteiger partial charge in [0.25, 0.3) is 0 Å². The summed E-state index contributed by atoms with van der Waals surface area (Å²) in [7, 11) is 3.54. The zero-order valence-corrected chi connectivity index (χ0v) is 14.8. The summed E-state index contributed by atoms with van der Waals surface area (Å²) in [5, 5.41) is 8.01. The van der Waals surface area contributed by atoms with Crippen LogP contribution in [-0.4, -0.2) is 55.1 Å². The summed E-state index contributed by atoms with van der Waals surface area (Å²) in [6.45, 7) is 4.66. The number of amides is 2. The average molecular weight is 346 g/mol. The van der Waals surface area contributed by atoms with E-state index >= 15 is 0 Å². The van der Waals surface area contributed by atoms with Crippen LogP contribution in [0.2, 0.25) is 0 Å². The van der Waals surface area contributed by atoms with E-state index in [2.05, 4.69) is 15.2 Å². The monoisotopic (exact) mass is 346 g/mol. The lowest BCUT2D eigenvalue weighted by Crippen LogP contribution is -2.37. The Morgan fingerprint density at radius 3 is 2.80 bits per heavy atom. The maximum Gasteiger partial charge on any atom is 0.228 e. The van der Waals surface area contributed by atoms with Gasteiger partial charge in [0.15, 0.2) is 5.82 Å². The molecule has 0 aliphatic carbocycles. The third kappa shape index (κ3) is 3.01. The highest BCUT2D eigenvalue weighted by atomic mass is 16.5. The molecule has 0 radical (unpaired) electrons. The molecule has 2 atom stereocenters. The van der Waals surface area contributed by atoms with Crippen LogP contribution in [0, 0.1) is 12.8 Å². The fourth-order valence-electron chi connectivity index (χ4n) is 3.41. The van der Waals surface area contributed by atoms with Crippen LogP contribution in [-0.2, 0) is 23.2 Å². The second-order valence-electron chi connectivity index (χ2n) is 6.29. The average Bonchev–Trinajstić information content (AvgIpc) is 3.28. The van der Waals surface area contributed by atoms with Gasteiger partial charge in [-0.15, -0.1) is 0 Å². The van der Waals surface area contributed by atoms with E-state index in [4.69, 9.17) is 4.52 Å². The molecule has 3 heterocycles. The molecule has 25 heavy (non-hydrogen) atoms. The number of aromatic nitrogens is 4. The molecule has 2 aromatic heterocycles. The van der Waals surface area contributed by atoms with Gasteiger partial charge in [-0.3, -0.25) is 14.3 Å². The summed E-state index contributed by atoms with van der Waals surface area (Å²) in [6.07, 6.45) is 3.18. The molecule has 0 spiro atoms. The van der Waals surface area contributed by atoms with Crippen molar-refractivity contribution in [2.75, 3.05) is 13.6 Å². The molecular formula is C16H22N6O3. The first-order valence-electron chi connectivity index (χ1n) is 8.22. The standard InChI is InChI=1S/C16H22N6O3/c1-5-22-14(23)6-11(15(22)12-7-18-21(4)10(12)2)16(24)20(3)8-13-17-9-25-19-13/h7,9,11,15H,5-6,8H2,1-4H3/t11-,15-/m0/s1. The maximum atomic E-state index is 13.0. The first-order valence-corrected chi connectivity index (χ1v) is 8.22. The van der Waals surface area contributed by atoms with Crippen LogP contribution in [0.15, 0.2) is 17.1 Å². The van der Waals surface area contributed by atoms with Gasteiger partial charge in [-0.1, -0.05) is 5.16 Å². The van der Waals surface area contributed by atoms with E-state index in [1.165, 1.54) is 6.39 Å². The number of rotatable bonds is 5. The van der Waals surface area contributed by atoms with Gasteiger partial charge < -0.3 is 14.3 Å². The number of nitrogens with zero attached hydrogens (tertiary/aromatic N) is 6. The zero-order valence-electron chi connectivity index (χ0n) is 14.8. The van der Waals surface area contributed by atoms with Crippen molar-refractivity contribution in [1.29, 1.82) is 0 Å². The zero-order chi connectivity index (χ0) is 18.1. The summed E-state index contributed by atoms with van der Waals surface area (Å²) in [5.41, 5.74) is 1.87. The van der Waals surface area contributed by atoms with Gasteiger partial charge in [0.1, 0.15) is 0 Å². The predicted molar refractivity (Wildman–Crippen MR) is 87.0 cm³/mol. The molecule has 9 nitrogen and oxygen atoms in total. The van der Waals surface area contributed by atoms with E-state index in [1.54, 1.807) is 27.7 Å². The number of carbonyl (C=O) groups is 2. The minimum Gasteiger partial charge on any atom is -0.343 e. The number of hydrogen-bond donors (Lipinski definition) is 0. The molecule has 1 fully saturated rings. The molecule has 0 saturated carbocycles. The molecule has 9 heteroatoms. The van der Waals surface area contributed by atoms with E-state index in [0.717, 1.165) is 11.3 Å². The Hall–Kier alpha value is -2.71. The van der Waals surface area contributed by atoms with Gasteiger partial charge in [0.2, 0.25) is 18.2 Å². The van der Waals surface area contributed by atoms with Crippen molar-refractivity contribution in [3.8, 4) is 0 Å². The van der Waals surface area contributed by atoms with Crippen molar-refractivity contribution in [2.24, 2.45) is 13.0 Å². The van der Waals surface area contributed by atoms with Crippen LogP contribution in [0.3, 0.4) is 0 Å². The molecular weight excluding hydrogens is 324 g/mol. The second kappa shape index (κ2) is 6.66. The van der Waals surface area contributed by atoms with Crippen molar-refractivity contribution >= 4 is 11.8 Å². The van der Waals surface area contributed by atoms with Crippen LogP contribution >= 0.6 is 0 Å². The maximum absolute atomic E-state index is 13.0. The predicted octanol–water partition coefficient (Wildman–Crippen LogP) is 0.680. The Morgan fingerprint density at radius 1 is 1.48 bits per heavy atom. The molecule has 0 N–H and O–H groups in total. The summed E-state index contributed by atoms with van der Waals surface area (Å²) in [6, 6.07) is -0.300. The third-order valence-electron chi connectivity index (χ3n) is 4.84. The minimum atomic E-state index is -0.452. The molecule has 134 valence electrons. The highest BCUT2D eigenvalue weighted by Crippen LogP contribution is 2.40. The number of carbonyl (C=O) groups excluding carboxylic acids is 2. The van der Waals surface area contributed by atoms with Crippen LogP contribution in [0.1, 0.15) is 36.5 Å². The van der Waals surface area contributed by atoms with E-state index < -0.39 is 5.92 Å². The molecule has 0 unspecified atom stereocenters. The van der Waals surface area contributed by atoms with Crippen molar-refractivity contribution < 1.29 is 14.1 Å². The van der Waals surface area contributed by atoms with E-state index in [9.17, 15) is 9.59 Å². The molecule has 0 aromatic carbocycles. The van der Waals surface area contributed by atoms with Crippen LogP contribution in [0.5, 0.6) is 0 Å². The molecule has 2 amide bonds. The van der Waals surface area contributed by atoms with E-state index in [1.807, 2.05) is 20.9 Å². The number of hydrogen-bond acceptors (Lipinski definition) is 6. The lowest BCUT2D eigenvalue weighted by molar-refractivity contribution is -0.136. The first-order chi connectivity index (χ1) is 11.9. The number of aryl methyl sites for hydroxylation is 1. The largest absolute Gasteiger partial charge is 0.343 e. The van der Waals surface area contributed by atoms with Crippen LogP contribution < -0.4 is 0 Å². The van der Waals surface area contributed by atoms with Crippen LogP contribution in [0.4, 0.5) is 0 Å². The van der Waals surface area contributed by atoms with Gasteiger partial charge in [-0.2, -0.15) is 10.1 Å². The van der Waals surface area contributed by atoms with Crippen molar-refractivity contribution in [3.05, 3.63) is 29.7 Å². The SMILES string of the molecule is CCN1C(=O)C[C@H](C(=O)N(C)Cc2ncon2)[C@H]1c1cnn(C)c1C. The normalized spacial score (nSPS) is 20.3. The molecule has 1 aliphatic heterocycles. The molecule has 1 saturated heterocycles. The molecule has 2 aromatic rings. The summed E-state index contributed by atoms with van der Waals surface area (Å²) < 4.78 is 6.47.